The first-order chi connectivity index (χ1) is 11.3. The van der Waals surface area contributed by atoms with E-state index in [-0.39, 0.29) is 0 Å². The molecule has 1 heterocycles. The Morgan fingerprint density at radius 3 is 2.87 bits per heavy atom. The molecule has 3 rings (SSSR count). The molecule has 4 heteroatoms. The zero-order valence-electron chi connectivity index (χ0n) is 14.3. The van der Waals surface area contributed by atoms with Crippen molar-refractivity contribution in [2.75, 3.05) is 19.6 Å². The molecule has 1 fully saturated rings. The molecule has 0 amide bonds. The number of hydrogen-bond donors (Lipinski definition) is 3. The summed E-state index contributed by atoms with van der Waals surface area (Å²) >= 11 is 0. The second kappa shape index (κ2) is 7.53. The van der Waals surface area contributed by atoms with E-state index < -0.39 is 0 Å². The number of para-hydroxylation sites is 1. The number of aryl methyl sites for hydroxylation is 1. The van der Waals surface area contributed by atoms with Crippen LogP contribution in [0.25, 0.3) is 10.9 Å². The van der Waals surface area contributed by atoms with Gasteiger partial charge in [0.2, 0.25) is 0 Å². The van der Waals surface area contributed by atoms with Crippen LogP contribution in [0.1, 0.15) is 37.4 Å². The van der Waals surface area contributed by atoms with Gasteiger partial charge in [-0.25, -0.2) is 0 Å². The van der Waals surface area contributed by atoms with Crippen molar-refractivity contribution in [1.29, 1.82) is 0 Å². The maximum Gasteiger partial charge on any atom is 0.191 e. The van der Waals surface area contributed by atoms with Crippen molar-refractivity contribution in [1.82, 2.24) is 15.6 Å². The number of aromatic amines is 1. The van der Waals surface area contributed by atoms with Gasteiger partial charge in [-0.05, 0) is 44.2 Å². The minimum absolute atomic E-state index is 0.901. The van der Waals surface area contributed by atoms with Crippen LogP contribution in [-0.4, -0.2) is 30.6 Å². The first-order valence-corrected chi connectivity index (χ1v) is 8.86. The summed E-state index contributed by atoms with van der Waals surface area (Å²) in [5, 5.41) is 8.15. The van der Waals surface area contributed by atoms with Gasteiger partial charge in [0.05, 0.1) is 0 Å². The van der Waals surface area contributed by atoms with Crippen molar-refractivity contribution in [2.24, 2.45) is 10.9 Å². The third-order valence-electron chi connectivity index (χ3n) is 4.54. The smallest absolute Gasteiger partial charge is 0.191 e. The zero-order valence-corrected chi connectivity index (χ0v) is 14.3. The highest BCUT2D eigenvalue weighted by molar-refractivity contribution is 5.84. The van der Waals surface area contributed by atoms with Gasteiger partial charge in [0.1, 0.15) is 0 Å². The highest BCUT2D eigenvalue weighted by Gasteiger charge is 2.20. The van der Waals surface area contributed by atoms with Gasteiger partial charge in [-0.1, -0.05) is 31.0 Å². The molecule has 1 aromatic heterocycles. The van der Waals surface area contributed by atoms with Crippen molar-refractivity contribution in [3.63, 3.8) is 0 Å². The molecule has 0 radical (unpaired) electrons. The average Bonchev–Trinajstić information content (AvgIpc) is 3.31. The Morgan fingerprint density at radius 1 is 1.26 bits per heavy atom. The van der Waals surface area contributed by atoms with Gasteiger partial charge in [0, 0.05) is 36.2 Å². The number of fused-ring (bicyclic) bond motifs is 1. The predicted molar refractivity (Wildman–Crippen MR) is 98.1 cm³/mol. The molecule has 1 aliphatic rings. The van der Waals surface area contributed by atoms with Crippen LogP contribution < -0.4 is 10.6 Å². The Balaban J connectivity index is 1.56. The van der Waals surface area contributed by atoms with Crippen molar-refractivity contribution >= 4 is 16.9 Å². The maximum atomic E-state index is 4.68. The molecular weight excluding hydrogens is 284 g/mol. The Hall–Kier alpha value is -1.97. The number of nitrogens with zero attached hydrogens (tertiary/aromatic N) is 1. The van der Waals surface area contributed by atoms with Crippen LogP contribution in [0, 0.1) is 12.8 Å². The van der Waals surface area contributed by atoms with E-state index in [1.54, 1.807) is 0 Å². The molecule has 0 bridgehead atoms. The van der Waals surface area contributed by atoms with E-state index in [4.69, 9.17) is 0 Å². The number of rotatable bonds is 7. The summed E-state index contributed by atoms with van der Waals surface area (Å²) in [6.07, 6.45) is 5.04. The molecule has 0 unspecified atom stereocenters. The second-order valence-electron chi connectivity index (χ2n) is 6.44. The fraction of sp³-hybridized carbons (Fsp3) is 0.526. The summed E-state index contributed by atoms with van der Waals surface area (Å²) in [6.45, 7) is 7.01. The molecule has 1 aromatic carbocycles. The minimum atomic E-state index is 0.901. The molecular formula is C19H28N4. The lowest BCUT2D eigenvalue weighted by atomic mass is 10.1. The Bertz CT molecular complexity index is 667. The predicted octanol–water partition coefficient (Wildman–Crippen LogP) is 3.37. The van der Waals surface area contributed by atoms with E-state index >= 15 is 0 Å². The number of H-pyrrole nitrogens is 1. The third-order valence-corrected chi connectivity index (χ3v) is 4.54. The number of aliphatic imine (C=N–C) groups is 1. The molecule has 23 heavy (non-hydrogen) atoms. The molecule has 124 valence electrons. The fourth-order valence-electron chi connectivity index (χ4n) is 3.07. The van der Waals surface area contributed by atoms with Gasteiger partial charge in [-0.2, -0.15) is 0 Å². The standard InChI is InChI=1S/C19H28N4/c1-3-20-19(21-12-10-15-8-9-15)22-13-11-16-14(2)23-18-7-5-4-6-17(16)18/h4-7,15,23H,3,8-13H2,1-2H3,(H2,20,21,22). The summed E-state index contributed by atoms with van der Waals surface area (Å²) < 4.78 is 0. The van der Waals surface area contributed by atoms with E-state index in [1.807, 2.05) is 0 Å². The highest BCUT2D eigenvalue weighted by Crippen LogP contribution is 2.32. The summed E-state index contributed by atoms with van der Waals surface area (Å²) in [6, 6.07) is 8.53. The van der Waals surface area contributed by atoms with Crippen LogP contribution in [0.5, 0.6) is 0 Å². The van der Waals surface area contributed by atoms with E-state index in [0.717, 1.165) is 37.9 Å². The summed E-state index contributed by atoms with van der Waals surface area (Å²) in [5.41, 5.74) is 3.90. The van der Waals surface area contributed by atoms with Crippen molar-refractivity contribution in [3.8, 4) is 0 Å². The normalized spacial score (nSPS) is 15.1. The largest absolute Gasteiger partial charge is 0.358 e. The van der Waals surface area contributed by atoms with Gasteiger partial charge >= 0.3 is 0 Å². The number of guanidine groups is 1. The van der Waals surface area contributed by atoms with Gasteiger partial charge in [0.25, 0.3) is 0 Å². The van der Waals surface area contributed by atoms with Gasteiger partial charge in [0.15, 0.2) is 5.96 Å². The van der Waals surface area contributed by atoms with Gasteiger partial charge in [-0.3, -0.25) is 4.99 Å². The molecule has 0 aliphatic heterocycles. The van der Waals surface area contributed by atoms with Crippen molar-refractivity contribution < 1.29 is 0 Å². The van der Waals surface area contributed by atoms with E-state index in [2.05, 4.69) is 58.7 Å². The molecule has 1 saturated carbocycles. The topological polar surface area (TPSA) is 52.2 Å². The Morgan fingerprint density at radius 2 is 2.09 bits per heavy atom. The molecule has 1 aliphatic carbocycles. The van der Waals surface area contributed by atoms with Crippen LogP contribution in [0.15, 0.2) is 29.3 Å². The minimum Gasteiger partial charge on any atom is -0.358 e. The summed E-state index contributed by atoms with van der Waals surface area (Å²) in [7, 11) is 0. The molecule has 0 atom stereocenters. The third kappa shape index (κ3) is 4.27. The summed E-state index contributed by atoms with van der Waals surface area (Å²) in [4.78, 5) is 8.15. The van der Waals surface area contributed by atoms with E-state index in [1.165, 1.54) is 41.4 Å². The van der Waals surface area contributed by atoms with Gasteiger partial charge in [-0.15, -0.1) is 0 Å². The molecule has 2 aromatic rings. The molecule has 0 spiro atoms. The van der Waals surface area contributed by atoms with Crippen LogP contribution >= 0.6 is 0 Å². The number of hydrogen-bond acceptors (Lipinski definition) is 1. The number of aromatic nitrogens is 1. The first kappa shape index (κ1) is 15.9. The second-order valence-corrected chi connectivity index (χ2v) is 6.44. The molecule has 0 saturated heterocycles. The van der Waals surface area contributed by atoms with E-state index in [9.17, 15) is 0 Å². The maximum absolute atomic E-state index is 4.68. The number of benzene rings is 1. The SMILES string of the molecule is CCNC(=NCCC1CC1)NCCc1c(C)[nH]c2ccccc12. The highest BCUT2D eigenvalue weighted by atomic mass is 15.2. The zero-order chi connectivity index (χ0) is 16.1. The van der Waals surface area contributed by atoms with Crippen molar-refractivity contribution in [3.05, 3.63) is 35.5 Å². The van der Waals surface area contributed by atoms with Crippen LogP contribution in [-0.2, 0) is 6.42 Å². The lowest BCUT2D eigenvalue weighted by Crippen LogP contribution is -2.38. The Labute approximate surface area is 138 Å². The van der Waals surface area contributed by atoms with Gasteiger partial charge < -0.3 is 15.6 Å². The average molecular weight is 312 g/mol. The lowest BCUT2D eigenvalue weighted by molar-refractivity contribution is 0.724. The van der Waals surface area contributed by atoms with Crippen LogP contribution in [0.2, 0.25) is 0 Å². The monoisotopic (exact) mass is 312 g/mol. The Kier molecular flexibility index (Phi) is 5.21. The molecule has 4 nitrogen and oxygen atoms in total. The summed E-state index contributed by atoms with van der Waals surface area (Å²) in [5.74, 6) is 1.89. The lowest BCUT2D eigenvalue weighted by Gasteiger charge is -2.11. The van der Waals surface area contributed by atoms with E-state index in [0.29, 0.717) is 0 Å². The van der Waals surface area contributed by atoms with Crippen molar-refractivity contribution in [2.45, 2.75) is 39.5 Å². The first-order valence-electron chi connectivity index (χ1n) is 8.86. The fourth-order valence-corrected chi connectivity index (χ4v) is 3.07. The molecule has 3 N–H and O–H groups in total. The van der Waals surface area contributed by atoms with Crippen LogP contribution in [0.3, 0.4) is 0 Å². The number of nitrogens with one attached hydrogen (secondary N) is 3. The van der Waals surface area contributed by atoms with Crippen LogP contribution in [0.4, 0.5) is 0 Å². The quantitative estimate of drug-likeness (QED) is 0.542.